The molecule has 2 heterocycles. The molecule has 0 saturated carbocycles. The molecule has 1 atom stereocenters. The number of esters is 1. The monoisotopic (exact) mass is 345 g/mol. The van der Waals surface area contributed by atoms with Crippen LogP contribution in [0.5, 0.6) is 0 Å². The molecular formula is C16H11NO3Se. The van der Waals surface area contributed by atoms with E-state index in [1.165, 1.54) is 0 Å². The molecule has 0 N–H and O–H groups in total. The van der Waals surface area contributed by atoms with E-state index in [1.54, 1.807) is 9.63 Å². The maximum atomic E-state index is 12.5. The minimum absolute atomic E-state index is 0.00460. The Bertz CT molecular complexity index is 938. The third-order valence-corrected chi connectivity index (χ3v) is 6.04. The van der Waals surface area contributed by atoms with Gasteiger partial charge in [0.05, 0.1) is 0 Å². The molecule has 1 unspecified atom stereocenters. The fourth-order valence-corrected chi connectivity index (χ4v) is 4.71. The predicted molar refractivity (Wildman–Crippen MR) is 80.3 cm³/mol. The molecule has 0 spiro atoms. The van der Waals surface area contributed by atoms with Gasteiger partial charge in [0, 0.05) is 0 Å². The molecule has 104 valence electrons. The Balaban J connectivity index is 1.94. The Hall–Kier alpha value is -2.10. The summed E-state index contributed by atoms with van der Waals surface area (Å²) in [5.74, 6) is -0.309. The Kier molecular flexibility index (Phi) is 2.67. The number of carbonyl (C=O) groups is 1. The predicted octanol–water partition coefficient (Wildman–Crippen LogP) is 2.28. The number of nitrogens with zero attached hydrogens (tertiary/aromatic N) is 1. The molecule has 0 fully saturated rings. The van der Waals surface area contributed by atoms with E-state index < -0.39 is 0 Å². The zero-order chi connectivity index (χ0) is 14.6. The van der Waals surface area contributed by atoms with Gasteiger partial charge in [0.15, 0.2) is 0 Å². The van der Waals surface area contributed by atoms with Crippen molar-refractivity contribution < 1.29 is 9.53 Å². The van der Waals surface area contributed by atoms with Crippen molar-refractivity contribution in [1.29, 1.82) is 0 Å². The summed E-state index contributed by atoms with van der Waals surface area (Å²) in [6.07, 6.45) is -0.210. The van der Waals surface area contributed by atoms with Crippen molar-refractivity contribution in [2.45, 2.75) is 13.0 Å². The van der Waals surface area contributed by atoms with Gasteiger partial charge >= 0.3 is 126 Å². The molecule has 1 aliphatic heterocycles. The molecule has 4 nitrogen and oxygen atoms in total. The summed E-state index contributed by atoms with van der Waals surface area (Å²) in [5.41, 5.74) is 2.23. The SMILES string of the molecule is CC1OC(=O)c2cc(-n3[se]c4ccccc4c3=O)ccc21. The van der Waals surface area contributed by atoms with Gasteiger partial charge in [0.1, 0.15) is 0 Å². The Morgan fingerprint density at radius 2 is 1.95 bits per heavy atom. The number of cyclic esters (lactones) is 1. The van der Waals surface area contributed by atoms with Crippen molar-refractivity contribution in [3.8, 4) is 5.69 Å². The first-order valence-electron chi connectivity index (χ1n) is 6.61. The van der Waals surface area contributed by atoms with Crippen LogP contribution in [0.4, 0.5) is 0 Å². The number of aromatic nitrogens is 1. The molecule has 0 saturated heterocycles. The molecule has 2 aromatic carbocycles. The van der Waals surface area contributed by atoms with Gasteiger partial charge in [-0.15, -0.1) is 0 Å². The normalized spacial score (nSPS) is 17.0. The Morgan fingerprint density at radius 3 is 2.76 bits per heavy atom. The van der Waals surface area contributed by atoms with Crippen LogP contribution in [0.3, 0.4) is 0 Å². The van der Waals surface area contributed by atoms with E-state index in [-0.39, 0.29) is 32.4 Å². The second kappa shape index (κ2) is 4.45. The van der Waals surface area contributed by atoms with Crippen molar-refractivity contribution in [3.63, 3.8) is 0 Å². The van der Waals surface area contributed by atoms with Gasteiger partial charge in [-0.25, -0.2) is 0 Å². The van der Waals surface area contributed by atoms with E-state index in [1.807, 2.05) is 43.3 Å². The fourth-order valence-electron chi connectivity index (χ4n) is 2.63. The molecular weight excluding hydrogens is 333 g/mol. The molecule has 1 aliphatic rings. The molecule has 3 aromatic rings. The van der Waals surface area contributed by atoms with Gasteiger partial charge in [0.25, 0.3) is 0 Å². The second-order valence-electron chi connectivity index (χ2n) is 5.01. The van der Waals surface area contributed by atoms with E-state index in [0.717, 1.165) is 20.9 Å². The van der Waals surface area contributed by atoms with Crippen molar-refractivity contribution in [1.82, 2.24) is 3.56 Å². The molecule has 0 radical (unpaired) electrons. The van der Waals surface area contributed by atoms with Crippen LogP contribution in [0.25, 0.3) is 15.3 Å². The molecule has 0 amide bonds. The van der Waals surface area contributed by atoms with Crippen LogP contribution >= 0.6 is 0 Å². The van der Waals surface area contributed by atoms with Gasteiger partial charge in [-0.05, 0) is 0 Å². The van der Waals surface area contributed by atoms with Crippen molar-refractivity contribution in [2.24, 2.45) is 0 Å². The third kappa shape index (κ3) is 1.82. The number of ether oxygens (including phenoxy) is 1. The Morgan fingerprint density at radius 1 is 1.14 bits per heavy atom. The molecule has 5 heteroatoms. The van der Waals surface area contributed by atoms with Gasteiger partial charge in [-0.2, -0.15) is 0 Å². The van der Waals surface area contributed by atoms with E-state index in [0.29, 0.717) is 5.56 Å². The van der Waals surface area contributed by atoms with Crippen LogP contribution in [-0.2, 0) is 4.74 Å². The molecule has 0 aliphatic carbocycles. The summed E-state index contributed by atoms with van der Waals surface area (Å²) < 4.78 is 8.03. The van der Waals surface area contributed by atoms with E-state index in [2.05, 4.69) is 0 Å². The first-order chi connectivity index (χ1) is 10.1. The topological polar surface area (TPSA) is 48.3 Å². The molecule has 0 bridgehead atoms. The first-order valence-corrected chi connectivity index (χ1v) is 8.24. The van der Waals surface area contributed by atoms with Gasteiger partial charge in [0.2, 0.25) is 0 Å². The quantitative estimate of drug-likeness (QED) is 0.503. The van der Waals surface area contributed by atoms with E-state index in [9.17, 15) is 9.59 Å². The number of benzene rings is 2. The van der Waals surface area contributed by atoms with Crippen molar-refractivity contribution >= 4 is 30.3 Å². The summed E-state index contributed by atoms with van der Waals surface area (Å²) in [6.45, 7) is 1.85. The van der Waals surface area contributed by atoms with E-state index in [4.69, 9.17) is 4.74 Å². The summed E-state index contributed by atoms with van der Waals surface area (Å²) >= 11 is -0.0873. The van der Waals surface area contributed by atoms with Gasteiger partial charge in [-0.3, -0.25) is 0 Å². The summed E-state index contributed by atoms with van der Waals surface area (Å²) in [6, 6.07) is 13.2. The minimum atomic E-state index is -0.309. The molecule has 21 heavy (non-hydrogen) atoms. The first kappa shape index (κ1) is 12.6. The van der Waals surface area contributed by atoms with Crippen LogP contribution in [-0.4, -0.2) is 24.3 Å². The average molecular weight is 344 g/mol. The Labute approximate surface area is 126 Å². The van der Waals surface area contributed by atoms with Crippen molar-refractivity contribution in [3.05, 3.63) is 63.9 Å². The fraction of sp³-hybridized carbons (Fsp3) is 0.125. The van der Waals surface area contributed by atoms with Gasteiger partial charge < -0.3 is 0 Å². The number of hydrogen-bond acceptors (Lipinski definition) is 3. The zero-order valence-corrected chi connectivity index (χ0v) is 12.9. The number of carbonyl (C=O) groups excluding carboxylic acids is 1. The summed E-state index contributed by atoms with van der Waals surface area (Å²) in [4.78, 5) is 24.3. The van der Waals surface area contributed by atoms with Crippen LogP contribution < -0.4 is 5.56 Å². The van der Waals surface area contributed by atoms with Crippen LogP contribution in [0.15, 0.2) is 47.3 Å². The average Bonchev–Trinajstić information content (AvgIpc) is 2.98. The van der Waals surface area contributed by atoms with Crippen LogP contribution in [0, 0.1) is 0 Å². The third-order valence-electron chi connectivity index (χ3n) is 3.70. The number of hydrogen-bond donors (Lipinski definition) is 0. The molecule has 4 rings (SSSR count). The summed E-state index contributed by atoms with van der Waals surface area (Å²) in [5, 5.41) is 0.758. The number of rotatable bonds is 1. The zero-order valence-electron chi connectivity index (χ0n) is 11.2. The maximum absolute atomic E-state index is 12.5. The standard InChI is InChI=1S/C16H11NO3Se/c1-9-11-7-6-10(8-13(11)16(19)20-9)17-15(18)12-4-2-3-5-14(12)21-17/h2-9H,1H3. The molecule has 1 aromatic heterocycles. The van der Waals surface area contributed by atoms with Gasteiger partial charge in [-0.1, -0.05) is 0 Å². The second-order valence-corrected chi connectivity index (χ2v) is 7.08. The van der Waals surface area contributed by atoms with E-state index >= 15 is 0 Å². The van der Waals surface area contributed by atoms with Crippen LogP contribution in [0.2, 0.25) is 0 Å². The summed E-state index contributed by atoms with van der Waals surface area (Å²) in [7, 11) is 0. The number of fused-ring (bicyclic) bond motifs is 2. The van der Waals surface area contributed by atoms with Crippen molar-refractivity contribution in [2.75, 3.05) is 0 Å². The van der Waals surface area contributed by atoms with Crippen LogP contribution in [0.1, 0.15) is 28.9 Å².